The summed E-state index contributed by atoms with van der Waals surface area (Å²) < 4.78 is 39.0. The van der Waals surface area contributed by atoms with Crippen LogP contribution in [0, 0.1) is 6.92 Å². The first-order chi connectivity index (χ1) is 19.7. The number of amides is 1. The lowest BCUT2D eigenvalue weighted by molar-refractivity contribution is -0.119. The second-order valence-corrected chi connectivity index (χ2v) is 11.6. The molecule has 0 heterocycles. The van der Waals surface area contributed by atoms with Crippen LogP contribution in [0.25, 0.3) is 0 Å². The van der Waals surface area contributed by atoms with E-state index in [-0.39, 0.29) is 15.6 Å². The fourth-order valence-electron chi connectivity index (χ4n) is 3.75. The Morgan fingerprint density at radius 2 is 1.71 bits per heavy atom. The minimum Gasteiger partial charge on any atom is -0.495 e. The van der Waals surface area contributed by atoms with Crippen LogP contribution in [0.4, 0.5) is 5.69 Å². The number of nitrogens with zero attached hydrogens (tertiary/aromatic N) is 2. The number of aryl methyl sites for hydroxylation is 1. The number of carbonyl (C=O) groups excluding carboxylic acids is 1. The van der Waals surface area contributed by atoms with E-state index >= 15 is 0 Å². The van der Waals surface area contributed by atoms with E-state index in [1.807, 2.05) is 25.1 Å². The Morgan fingerprint density at radius 3 is 2.37 bits per heavy atom. The third-order valence-electron chi connectivity index (χ3n) is 5.90. The van der Waals surface area contributed by atoms with E-state index in [4.69, 9.17) is 32.7 Å². The summed E-state index contributed by atoms with van der Waals surface area (Å²) in [5.74, 6) is 0.379. The first-order valence-electron chi connectivity index (χ1n) is 12.4. The number of anilines is 1. The molecule has 0 fully saturated rings. The number of ether oxygens (including phenoxy) is 2. The zero-order chi connectivity index (χ0) is 29.4. The third kappa shape index (κ3) is 8.00. The van der Waals surface area contributed by atoms with Gasteiger partial charge in [0.2, 0.25) is 0 Å². The zero-order valence-electron chi connectivity index (χ0n) is 22.3. The first-order valence-corrected chi connectivity index (χ1v) is 14.6. The highest BCUT2D eigenvalue weighted by molar-refractivity contribution is 7.92. The summed E-state index contributed by atoms with van der Waals surface area (Å²) in [6, 6.07) is 25.3. The SMILES string of the molecule is COc1ccc(N(CC(=O)N/N=C\c2ccc(OCc3cccc(Cl)c3)cc2)S(=O)(=O)c2ccc(C)cc2)cc1Cl. The van der Waals surface area contributed by atoms with Gasteiger partial charge in [-0.2, -0.15) is 5.10 Å². The van der Waals surface area contributed by atoms with Gasteiger partial charge < -0.3 is 9.47 Å². The average molecular weight is 613 g/mol. The molecule has 0 aliphatic heterocycles. The standard InChI is InChI=1S/C30H27Cl2N3O5S/c1-21-6-13-27(14-7-21)41(37,38)35(25-10-15-29(39-2)28(32)17-25)19-30(36)34-33-18-22-8-11-26(12-9-22)40-20-23-4-3-5-24(31)16-23/h3-18H,19-20H2,1-2H3,(H,34,36)/b33-18-. The van der Waals surface area contributed by atoms with E-state index in [0.717, 1.165) is 15.4 Å². The molecule has 0 aliphatic rings. The molecular formula is C30H27Cl2N3O5S. The van der Waals surface area contributed by atoms with Crippen LogP contribution in [0.15, 0.2) is 101 Å². The van der Waals surface area contributed by atoms with Crippen molar-refractivity contribution in [3.63, 3.8) is 0 Å². The summed E-state index contributed by atoms with van der Waals surface area (Å²) in [7, 11) is -2.66. The molecule has 4 aromatic carbocycles. The van der Waals surface area contributed by atoms with E-state index in [2.05, 4.69) is 10.5 Å². The number of nitrogens with one attached hydrogen (secondary N) is 1. The Bertz CT molecular complexity index is 1640. The van der Waals surface area contributed by atoms with E-state index in [1.54, 1.807) is 42.5 Å². The second-order valence-electron chi connectivity index (χ2n) is 8.92. The molecule has 0 radical (unpaired) electrons. The minimum absolute atomic E-state index is 0.0315. The van der Waals surface area contributed by atoms with Crippen LogP contribution in [0.1, 0.15) is 16.7 Å². The van der Waals surface area contributed by atoms with E-state index < -0.39 is 22.5 Å². The van der Waals surface area contributed by atoms with Gasteiger partial charge in [-0.1, -0.05) is 53.0 Å². The molecule has 0 unspecified atom stereocenters. The summed E-state index contributed by atoms with van der Waals surface area (Å²) in [5, 5.41) is 4.83. The predicted molar refractivity (Wildman–Crippen MR) is 162 cm³/mol. The van der Waals surface area contributed by atoms with Gasteiger partial charge in [-0.3, -0.25) is 9.10 Å². The lowest BCUT2D eigenvalue weighted by atomic mass is 10.2. The van der Waals surface area contributed by atoms with Gasteiger partial charge >= 0.3 is 0 Å². The van der Waals surface area contributed by atoms with Crippen molar-refractivity contribution in [2.24, 2.45) is 5.10 Å². The van der Waals surface area contributed by atoms with Crippen molar-refractivity contribution >= 4 is 51.0 Å². The Labute approximate surface area is 249 Å². The molecule has 8 nitrogen and oxygen atoms in total. The van der Waals surface area contributed by atoms with Crippen molar-refractivity contribution in [3.05, 3.63) is 118 Å². The van der Waals surface area contributed by atoms with Crippen molar-refractivity contribution in [2.75, 3.05) is 18.0 Å². The van der Waals surface area contributed by atoms with Crippen LogP contribution in [0.2, 0.25) is 10.0 Å². The maximum atomic E-state index is 13.5. The Kier molecular flexibility index (Phi) is 9.88. The molecule has 0 spiro atoms. The van der Waals surface area contributed by atoms with Crippen LogP contribution in [0.3, 0.4) is 0 Å². The predicted octanol–water partition coefficient (Wildman–Crippen LogP) is 6.24. The van der Waals surface area contributed by atoms with Crippen molar-refractivity contribution in [3.8, 4) is 11.5 Å². The van der Waals surface area contributed by atoms with Gasteiger partial charge in [0.1, 0.15) is 24.7 Å². The average Bonchev–Trinajstić information content (AvgIpc) is 2.95. The molecule has 1 N–H and O–H groups in total. The Morgan fingerprint density at radius 1 is 0.976 bits per heavy atom. The largest absolute Gasteiger partial charge is 0.495 e. The second kappa shape index (κ2) is 13.5. The molecule has 212 valence electrons. The number of hydrogen-bond acceptors (Lipinski definition) is 6. The fraction of sp³-hybridized carbons (Fsp3) is 0.133. The van der Waals surface area contributed by atoms with Gasteiger partial charge in [-0.15, -0.1) is 0 Å². The van der Waals surface area contributed by atoms with E-state index in [0.29, 0.717) is 28.7 Å². The number of sulfonamides is 1. The van der Waals surface area contributed by atoms with Crippen molar-refractivity contribution < 1.29 is 22.7 Å². The van der Waals surface area contributed by atoms with Gasteiger partial charge in [0, 0.05) is 5.02 Å². The lowest BCUT2D eigenvalue weighted by Gasteiger charge is -2.24. The van der Waals surface area contributed by atoms with Gasteiger partial charge in [0.25, 0.3) is 15.9 Å². The molecule has 0 bridgehead atoms. The van der Waals surface area contributed by atoms with Crippen LogP contribution < -0.4 is 19.2 Å². The first kappa shape index (κ1) is 29.9. The van der Waals surface area contributed by atoms with Crippen LogP contribution in [0.5, 0.6) is 11.5 Å². The highest BCUT2D eigenvalue weighted by atomic mass is 35.5. The molecule has 41 heavy (non-hydrogen) atoms. The highest BCUT2D eigenvalue weighted by Gasteiger charge is 2.27. The summed E-state index contributed by atoms with van der Waals surface area (Å²) in [6.07, 6.45) is 1.45. The zero-order valence-corrected chi connectivity index (χ0v) is 24.6. The molecule has 0 saturated heterocycles. The summed E-state index contributed by atoms with van der Waals surface area (Å²) in [4.78, 5) is 12.9. The van der Waals surface area contributed by atoms with Crippen molar-refractivity contribution in [2.45, 2.75) is 18.4 Å². The van der Waals surface area contributed by atoms with Gasteiger partial charge in [-0.25, -0.2) is 13.8 Å². The van der Waals surface area contributed by atoms with Crippen LogP contribution in [-0.4, -0.2) is 34.2 Å². The van der Waals surface area contributed by atoms with Crippen LogP contribution >= 0.6 is 23.2 Å². The van der Waals surface area contributed by atoms with Gasteiger partial charge in [0.05, 0.1) is 28.9 Å². The number of hydrogen-bond donors (Lipinski definition) is 1. The number of hydrazone groups is 1. The molecular weight excluding hydrogens is 585 g/mol. The monoisotopic (exact) mass is 611 g/mol. The number of carbonyl (C=O) groups is 1. The quantitative estimate of drug-likeness (QED) is 0.160. The summed E-state index contributed by atoms with van der Waals surface area (Å²) in [5.41, 5.74) is 5.13. The maximum absolute atomic E-state index is 13.5. The Hall–Kier alpha value is -4.05. The van der Waals surface area contributed by atoms with Gasteiger partial charge in [-0.05, 0) is 84.8 Å². The number of halogens is 2. The molecule has 4 aromatic rings. The minimum atomic E-state index is -4.11. The smallest absolute Gasteiger partial charge is 0.264 e. The summed E-state index contributed by atoms with van der Waals surface area (Å²) >= 11 is 12.3. The number of methoxy groups -OCH3 is 1. The summed E-state index contributed by atoms with van der Waals surface area (Å²) in [6.45, 7) is 1.68. The van der Waals surface area contributed by atoms with E-state index in [1.165, 1.54) is 43.7 Å². The molecule has 0 aromatic heterocycles. The van der Waals surface area contributed by atoms with E-state index in [9.17, 15) is 13.2 Å². The third-order valence-corrected chi connectivity index (χ3v) is 8.22. The normalized spacial score (nSPS) is 11.3. The molecule has 0 aliphatic carbocycles. The molecule has 11 heteroatoms. The molecule has 1 amide bonds. The maximum Gasteiger partial charge on any atom is 0.264 e. The highest BCUT2D eigenvalue weighted by Crippen LogP contribution is 2.32. The lowest BCUT2D eigenvalue weighted by Crippen LogP contribution is -2.39. The topological polar surface area (TPSA) is 97.3 Å². The number of rotatable bonds is 11. The van der Waals surface area contributed by atoms with Gasteiger partial charge in [0.15, 0.2) is 0 Å². The fourth-order valence-corrected chi connectivity index (χ4v) is 5.63. The molecule has 0 atom stereocenters. The van der Waals surface area contributed by atoms with Crippen LogP contribution in [-0.2, 0) is 21.4 Å². The molecule has 4 rings (SSSR count). The molecule has 0 saturated carbocycles. The van der Waals surface area contributed by atoms with Crippen molar-refractivity contribution in [1.82, 2.24) is 5.43 Å². The Balaban J connectivity index is 1.44. The van der Waals surface area contributed by atoms with Crippen molar-refractivity contribution in [1.29, 1.82) is 0 Å². The number of benzene rings is 4.